The van der Waals surface area contributed by atoms with Gasteiger partial charge in [0.15, 0.2) is 0 Å². The first-order chi connectivity index (χ1) is 8.25. The Kier molecular flexibility index (Phi) is 4.18. The van der Waals surface area contributed by atoms with Crippen molar-refractivity contribution in [2.24, 2.45) is 5.92 Å². The maximum Gasteiger partial charge on any atom is 0.222 e. The number of piperidine rings is 1. The minimum absolute atomic E-state index is 0.320. The van der Waals surface area contributed by atoms with Crippen molar-refractivity contribution in [1.82, 2.24) is 4.90 Å². The largest absolute Gasteiger partial charge is 0.342 e. The summed E-state index contributed by atoms with van der Waals surface area (Å²) in [5.41, 5.74) is 1.26. The molecule has 2 heteroatoms. The molecule has 1 aromatic carbocycles. The summed E-state index contributed by atoms with van der Waals surface area (Å²) in [4.78, 5) is 14.1. The zero-order valence-corrected chi connectivity index (χ0v) is 10.6. The maximum absolute atomic E-state index is 12.0. The molecule has 0 radical (unpaired) electrons. The minimum Gasteiger partial charge on any atom is -0.342 e. The molecule has 1 aliphatic heterocycles. The third kappa shape index (κ3) is 3.58. The molecule has 1 aliphatic rings. The SMILES string of the molecule is C[C@@H]1CCCN(C(=O)CCc2ccccc2)C1. The topological polar surface area (TPSA) is 20.3 Å². The molecule has 0 aromatic heterocycles. The number of carbonyl (C=O) groups excluding carboxylic acids is 1. The van der Waals surface area contributed by atoms with E-state index in [1.807, 2.05) is 23.1 Å². The Morgan fingerprint density at radius 2 is 2.12 bits per heavy atom. The van der Waals surface area contributed by atoms with E-state index in [1.165, 1.54) is 12.0 Å². The molecule has 1 atom stereocenters. The molecule has 92 valence electrons. The second-order valence-corrected chi connectivity index (χ2v) is 5.07. The van der Waals surface area contributed by atoms with Crippen LogP contribution in [0.15, 0.2) is 30.3 Å². The van der Waals surface area contributed by atoms with Crippen molar-refractivity contribution in [3.05, 3.63) is 35.9 Å². The lowest BCUT2D eigenvalue weighted by molar-refractivity contribution is -0.132. The van der Waals surface area contributed by atoms with Gasteiger partial charge in [-0.2, -0.15) is 0 Å². The van der Waals surface area contributed by atoms with Gasteiger partial charge in [-0.1, -0.05) is 37.3 Å². The highest BCUT2D eigenvalue weighted by atomic mass is 16.2. The third-order valence-corrected chi connectivity index (χ3v) is 3.48. The molecule has 0 unspecified atom stereocenters. The average molecular weight is 231 g/mol. The van der Waals surface area contributed by atoms with E-state index in [-0.39, 0.29) is 0 Å². The fraction of sp³-hybridized carbons (Fsp3) is 0.533. The Balaban J connectivity index is 1.81. The van der Waals surface area contributed by atoms with Gasteiger partial charge in [0.05, 0.1) is 0 Å². The van der Waals surface area contributed by atoms with Crippen LogP contribution < -0.4 is 0 Å². The highest BCUT2D eigenvalue weighted by Gasteiger charge is 2.20. The number of hydrogen-bond acceptors (Lipinski definition) is 1. The summed E-state index contributed by atoms with van der Waals surface area (Å²) in [5, 5.41) is 0. The monoisotopic (exact) mass is 231 g/mol. The molecular formula is C15H21NO. The first-order valence-electron chi connectivity index (χ1n) is 6.57. The van der Waals surface area contributed by atoms with Crippen molar-refractivity contribution in [2.45, 2.75) is 32.6 Å². The van der Waals surface area contributed by atoms with Gasteiger partial charge < -0.3 is 4.90 Å². The molecule has 0 saturated carbocycles. The molecule has 1 fully saturated rings. The van der Waals surface area contributed by atoms with Crippen molar-refractivity contribution in [3.8, 4) is 0 Å². The van der Waals surface area contributed by atoms with Gasteiger partial charge in [-0.15, -0.1) is 0 Å². The van der Waals surface area contributed by atoms with Crippen molar-refractivity contribution < 1.29 is 4.79 Å². The van der Waals surface area contributed by atoms with Gasteiger partial charge in [0.1, 0.15) is 0 Å². The molecule has 0 bridgehead atoms. The number of likely N-dealkylation sites (tertiary alicyclic amines) is 1. The summed E-state index contributed by atoms with van der Waals surface area (Å²) in [6, 6.07) is 10.3. The quantitative estimate of drug-likeness (QED) is 0.783. The van der Waals surface area contributed by atoms with Crippen LogP contribution >= 0.6 is 0 Å². The highest BCUT2D eigenvalue weighted by Crippen LogP contribution is 2.16. The lowest BCUT2D eigenvalue weighted by atomic mass is 9.99. The second-order valence-electron chi connectivity index (χ2n) is 5.07. The molecule has 0 aliphatic carbocycles. The molecule has 0 spiro atoms. The van der Waals surface area contributed by atoms with Crippen molar-refractivity contribution in [2.75, 3.05) is 13.1 Å². The van der Waals surface area contributed by atoms with E-state index in [2.05, 4.69) is 19.1 Å². The Labute approximate surface area is 104 Å². The molecule has 17 heavy (non-hydrogen) atoms. The van der Waals surface area contributed by atoms with Gasteiger partial charge in [-0.25, -0.2) is 0 Å². The fourth-order valence-electron chi connectivity index (χ4n) is 2.47. The molecule has 1 aromatic rings. The van der Waals surface area contributed by atoms with Crippen LogP contribution in [0.5, 0.6) is 0 Å². The van der Waals surface area contributed by atoms with E-state index in [4.69, 9.17) is 0 Å². The first kappa shape index (κ1) is 12.2. The van der Waals surface area contributed by atoms with E-state index >= 15 is 0 Å². The van der Waals surface area contributed by atoms with Gasteiger partial charge >= 0.3 is 0 Å². The molecule has 1 amide bonds. The van der Waals surface area contributed by atoms with E-state index in [1.54, 1.807) is 0 Å². The number of rotatable bonds is 3. The Morgan fingerprint density at radius 1 is 1.35 bits per heavy atom. The van der Waals surface area contributed by atoms with Crippen LogP contribution in [0.1, 0.15) is 31.7 Å². The molecule has 1 saturated heterocycles. The Bertz CT molecular complexity index is 360. The number of nitrogens with zero attached hydrogens (tertiary/aromatic N) is 1. The highest BCUT2D eigenvalue weighted by molar-refractivity contribution is 5.76. The maximum atomic E-state index is 12.0. The van der Waals surface area contributed by atoms with Crippen molar-refractivity contribution in [3.63, 3.8) is 0 Å². The van der Waals surface area contributed by atoms with Gasteiger partial charge in [0.25, 0.3) is 0 Å². The van der Waals surface area contributed by atoms with Crippen LogP contribution in [0.4, 0.5) is 0 Å². The summed E-state index contributed by atoms with van der Waals surface area (Å²) >= 11 is 0. The number of carbonyl (C=O) groups is 1. The summed E-state index contributed by atoms with van der Waals surface area (Å²) in [6.07, 6.45) is 3.95. The van der Waals surface area contributed by atoms with Gasteiger partial charge in [0.2, 0.25) is 5.91 Å². The average Bonchev–Trinajstić information content (AvgIpc) is 2.37. The molecular weight excluding hydrogens is 210 g/mol. The lowest BCUT2D eigenvalue weighted by Gasteiger charge is -2.31. The molecule has 2 rings (SSSR count). The smallest absolute Gasteiger partial charge is 0.222 e. The number of benzene rings is 1. The molecule has 2 nitrogen and oxygen atoms in total. The number of amides is 1. The summed E-state index contributed by atoms with van der Waals surface area (Å²) < 4.78 is 0. The van der Waals surface area contributed by atoms with E-state index < -0.39 is 0 Å². The van der Waals surface area contributed by atoms with Crippen LogP contribution in [-0.2, 0) is 11.2 Å². The minimum atomic E-state index is 0.320. The molecule has 0 N–H and O–H groups in total. The number of hydrogen-bond donors (Lipinski definition) is 0. The van der Waals surface area contributed by atoms with E-state index in [0.717, 1.165) is 25.9 Å². The van der Waals surface area contributed by atoms with Gasteiger partial charge in [-0.3, -0.25) is 4.79 Å². The predicted molar refractivity (Wildman–Crippen MR) is 69.7 cm³/mol. The summed E-state index contributed by atoms with van der Waals surface area (Å²) in [6.45, 7) is 4.14. The molecule has 1 heterocycles. The van der Waals surface area contributed by atoms with E-state index in [9.17, 15) is 4.79 Å². The predicted octanol–water partition coefficient (Wildman–Crippen LogP) is 2.88. The fourth-order valence-corrected chi connectivity index (χ4v) is 2.47. The zero-order chi connectivity index (χ0) is 12.1. The van der Waals surface area contributed by atoms with Crippen LogP contribution in [0, 0.1) is 5.92 Å². The van der Waals surface area contributed by atoms with E-state index in [0.29, 0.717) is 18.2 Å². The van der Waals surface area contributed by atoms with Crippen LogP contribution in [0.2, 0.25) is 0 Å². The third-order valence-electron chi connectivity index (χ3n) is 3.48. The summed E-state index contributed by atoms with van der Waals surface area (Å²) in [7, 11) is 0. The number of aryl methyl sites for hydroxylation is 1. The standard InChI is InChI=1S/C15H21NO/c1-13-6-5-11-16(12-13)15(17)10-9-14-7-3-2-4-8-14/h2-4,7-8,13H,5-6,9-12H2,1H3/t13-/m1/s1. The second kappa shape index (κ2) is 5.85. The van der Waals surface area contributed by atoms with Gasteiger partial charge in [0, 0.05) is 19.5 Å². The van der Waals surface area contributed by atoms with Crippen LogP contribution in [-0.4, -0.2) is 23.9 Å². The lowest BCUT2D eigenvalue weighted by Crippen LogP contribution is -2.39. The Hall–Kier alpha value is -1.31. The van der Waals surface area contributed by atoms with Crippen LogP contribution in [0.3, 0.4) is 0 Å². The Morgan fingerprint density at radius 3 is 2.82 bits per heavy atom. The van der Waals surface area contributed by atoms with Crippen molar-refractivity contribution >= 4 is 5.91 Å². The van der Waals surface area contributed by atoms with Crippen LogP contribution in [0.25, 0.3) is 0 Å². The summed E-state index contributed by atoms with van der Waals surface area (Å²) in [5.74, 6) is 0.991. The van der Waals surface area contributed by atoms with Gasteiger partial charge in [-0.05, 0) is 30.7 Å². The normalized spacial score (nSPS) is 20.3. The zero-order valence-electron chi connectivity index (χ0n) is 10.6. The van der Waals surface area contributed by atoms with Crippen molar-refractivity contribution in [1.29, 1.82) is 0 Å². The first-order valence-corrected chi connectivity index (χ1v) is 6.57.